The molecule has 0 bridgehead atoms. The number of thiocarbonyl (C=S) groups is 1. The van der Waals surface area contributed by atoms with Crippen LogP contribution in [-0.2, 0) is 4.74 Å². The summed E-state index contributed by atoms with van der Waals surface area (Å²) in [5.41, 5.74) is 1.25. The van der Waals surface area contributed by atoms with E-state index in [1.807, 2.05) is 24.3 Å². The Kier molecular flexibility index (Phi) is 11.4. The van der Waals surface area contributed by atoms with Crippen molar-refractivity contribution in [3.63, 3.8) is 0 Å². The molecule has 0 heterocycles. The monoisotopic (exact) mass is 444 g/mol. The highest BCUT2D eigenvalue weighted by molar-refractivity contribution is 7.80. The number of benzene rings is 2. The molecular weight excluding hydrogens is 412 g/mol. The van der Waals surface area contributed by atoms with E-state index in [1.54, 1.807) is 31.4 Å². The fourth-order valence-corrected chi connectivity index (χ4v) is 3.05. The summed E-state index contributed by atoms with van der Waals surface area (Å²) in [6.07, 6.45) is 5.98. The normalized spacial score (nSPS) is 10.4. The third-order valence-corrected chi connectivity index (χ3v) is 4.71. The summed E-state index contributed by atoms with van der Waals surface area (Å²) < 4.78 is 16.3. The van der Waals surface area contributed by atoms with E-state index in [4.69, 9.17) is 26.4 Å². The molecule has 0 aliphatic carbocycles. The van der Waals surface area contributed by atoms with Crippen LogP contribution in [0.15, 0.2) is 48.5 Å². The lowest BCUT2D eigenvalue weighted by atomic mass is 10.2. The smallest absolute Gasteiger partial charge is 0.257 e. The quantitative estimate of drug-likeness (QED) is 0.327. The van der Waals surface area contributed by atoms with Crippen molar-refractivity contribution in [1.29, 1.82) is 0 Å². The van der Waals surface area contributed by atoms with Crippen molar-refractivity contribution in [3.8, 4) is 11.5 Å². The molecule has 7 heteroatoms. The predicted octanol–water partition coefficient (Wildman–Crippen LogP) is 5.19. The van der Waals surface area contributed by atoms with E-state index in [1.165, 1.54) is 25.7 Å². The summed E-state index contributed by atoms with van der Waals surface area (Å²) in [7, 11) is 1.62. The summed E-state index contributed by atoms with van der Waals surface area (Å²) in [5, 5.41) is 5.94. The summed E-state index contributed by atoms with van der Waals surface area (Å²) in [6, 6.07) is 14.4. The van der Waals surface area contributed by atoms with Gasteiger partial charge in [-0.05, 0) is 55.0 Å². The van der Waals surface area contributed by atoms with Crippen molar-refractivity contribution in [2.45, 2.75) is 39.0 Å². The molecule has 2 aromatic carbocycles. The minimum atomic E-state index is -0.291. The van der Waals surface area contributed by atoms with Gasteiger partial charge in [-0.25, -0.2) is 0 Å². The Bertz CT molecular complexity index is 811. The first kappa shape index (κ1) is 24.6. The number of hydrogen-bond acceptors (Lipinski definition) is 5. The SMILES string of the molecule is CCCCCCCOc1cccc(NC(=S)NC(=O)c2ccc(OCCOC)cc2)c1. The van der Waals surface area contributed by atoms with Gasteiger partial charge in [-0.1, -0.05) is 38.7 Å². The van der Waals surface area contributed by atoms with Crippen LogP contribution >= 0.6 is 12.2 Å². The lowest BCUT2D eigenvalue weighted by Crippen LogP contribution is -2.34. The number of anilines is 1. The zero-order valence-electron chi connectivity index (χ0n) is 18.3. The highest BCUT2D eigenvalue weighted by atomic mass is 32.1. The Morgan fingerprint density at radius 2 is 1.65 bits per heavy atom. The molecule has 0 aromatic heterocycles. The first-order chi connectivity index (χ1) is 15.1. The van der Waals surface area contributed by atoms with Crippen molar-refractivity contribution in [3.05, 3.63) is 54.1 Å². The molecule has 0 atom stereocenters. The van der Waals surface area contributed by atoms with Crippen LogP contribution in [0.1, 0.15) is 49.4 Å². The third-order valence-electron chi connectivity index (χ3n) is 4.51. The van der Waals surface area contributed by atoms with Gasteiger partial charge in [0.15, 0.2) is 5.11 Å². The van der Waals surface area contributed by atoms with Gasteiger partial charge >= 0.3 is 0 Å². The van der Waals surface area contributed by atoms with Crippen LogP contribution in [0.5, 0.6) is 11.5 Å². The Balaban J connectivity index is 1.78. The molecule has 0 aliphatic rings. The van der Waals surface area contributed by atoms with E-state index in [0.717, 1.165) is 17.9 Å². The van der Waals surface area contributed by atoms with Crippen LogP contribution in [-0.4, -0.2) is 38.0 Å². The highest BCUT2D eigenvalue weighted by Crippen LogP contribution is 2.18. The average Bonchev–Trinajstić information content (AvgIpc) is 2.77. The fraction of sp³-hybridized carbons (Fsp3) is 0.417. The van der Waals surface area contributed by atoms with Crippen LogP contribution in [0.3, 0.4) is 0 Å². The maximum absolute atomic E-state index is 12.4. The first-order valence-electron chi connectivity index (χ1n) is 10.7. The number of hydrogen-bond donors (Lipinski definition) is 2. The molecule has 0 unspecified atom stereocenters. The number of rotatable bonds is 13. The molecule has 0 saturated heterocycles. The van der Waals surface area contributed by atoms with E-state index >= 15 is 0 Å². The van der Waals surface area contributed by atoms with E-state index < -0.39 is 0 Å². The summed E-state index contributed by atoms with van der Waals surface area (Å²) in [4.78, 5) is 12.4. The summed E-state index contributed by atoms with van der Waals surface area (Å²) in [6.45, 7) is 3.86. The topological polar surface area (TPSA) is 68.8 Å². The minimum Gasteiger partial charge on any atom is -0.494 e. The second-order valence-electron chi connectivity index (χ2n) is 7.06. The maximum Gasteiger partial charge on any atom is 0.257 e. The molecule has 2 aromatic rings. The van der Waals surface area contributed by atoms with Crippen molar-refractivity contribution in [2.24, 2.45) is 0 Å². The van der Waals surface area contributed by atoms with Crippen molar-refractivity contribution in [2.75, 3.05) is 32.2 Å². The van der Waals surface area contributed by atoms with Gasteiger partial charge in [-0.3, -0.25) is 10.1 Å². The van der Waals surface area contributed by atoms with Gasteiger partial charge in [0.1, 0.15) is 18.1 Å². The highest BCUT2D eigenvalue weighted by Gasteiger charge is 2.09. The van der Waals surface area contributed by atoms with Crippen LogP contribution in [0.4, 0.5) is 5.69 Å². The Morgan fingerprint density at radius 1 is 0.903 bits per heavy atom. The van der Waals surface area contributed by atoms with Crippen LogP contribution in [0.25, 0.3) is 0 Å². The van der Waals surface area contributed by atoms with Gasteiger partial charge in [0.05, 0.1) is 13.2 Å². The Hall–Kier alpha value is -2.64. The first-order valence-corrected chi connectivity index (χ1v) is 11.1. The molecule has 0 saturated carbocycles. The Morgan fingerprint density at radius 3 is 2.39 bits per heavy atom. The van der Waals surface area contributed by atoms with Gasteiger partial charge < -0.3 is 19.5 Å². The molecule has 0 spiro atoms. The number of carbonyl (C=O) groups excluding carboxylic acids is 1. The van der Waals surface area contributed by atoms with Crippen molar-refractivity contribution in [1.82, 2.24) is 5.32 Å². The zero-order chi connectivity index (χ0) is 22.3. The standard InChI is InChI=1S/C24H32N2O4S/c1-3-4-5-6-7-15-29-22-10-8-9-20(18-22)25-24(31)26-23(27)19-11-13-21(14-12-19)30-17-16-28-2/h8-14,18H,3-7,15-17H2,1-2H3,(H2,25,26,27,31). The number of methoxy groups -OCH3 is 1. The number of ether oxygens (including phenoxy) is 3. The molecule has 0 radical (unpaired) electrons. The lowest BCUT2D eigenvalue weighted by molar-refractivity contribution is 0.0977. The van der Waals surface area contributed by atoms with Crippen LogP contribution < -0.4 is 20.1 Å². The van der Waals surface area contributed by atoms with E-state index in [9.17, 15) is 4.79 Å². The van der Waals surface area contributed by atoms with Crippen molar-refractivity contribution >= 4 is 28.9 Å². The van der Waals surface area contributed by atoms with Gasteiger partial charge in [-0.15, -0.1) is 0 Å². The van der Waals surface area contributed by atoms with Gasteiger partial charge in [0.2, 0.25) is 0 Å². The molecule has 31 heavy (non-hydrogen) atoms. The lowest BCUT2D eigenvalue weighted by Gasteiger charge is -2.12. The number of carbonyl (C=O) groups is 1. The minimum absolute atomic E-state index is 0.224. The molecule has 1 amide bonds. The molecular formula is C24H32N2O4S. The summed E-state index contributed by atoms with van der Waals surface area (Å²) in [5.74, 6) is 1.16. The zero-order valence-corrected chi connectivity index (χ0v) is 19.1. The van der Waals surface area contributed by atoms with Crippen molar-refractivity contribution < 1.29 is 19.0 Å². The number of nitrogens with one attached hydrogen (secondary N) is 2. The molecule has 168 valence electrons. The molecule has 2 rings (SSSR count). The van der Waals surface area contributed by atoms with Gasteiger partial charge in [0.25, 0.3) is 5.91 Å². The third kappa shape index (κ3) is 9.81. The van der Waals surface area contributed by atoms with E-state index in [-0.39, 0.29) is 11.0 Å². The largest absolute Gasteiger partial charge is 0.494 e. The molecule has 2 N–H and O–H groups in total. The Labute approximate surface area is 190 Å². The molecule has 6 nitrogen and oxygen atoms in total. The van der Waals surface area contributed by atoms with E-state index in [2.05, 4.69) is 17.6 Å². The number of amides is 1. The van der Waals surface area contributed by atoms with Gasteiger partial charge in [0, 0.05) is 24.4 Å². The molecule has 0 aliphatic heterocycles. The predicted molar refractivity (Wildman–Crippen MR) is 128 cm³/mol. The maximum atomic E-state index is 12.4. The fourth-order valence-electron chi connectivity index (χ4n) is 2.84. The second-order valence-corrected chi connectivity index (χ2v) is 7.47. The summed E-state index contributed by atoms with van der Waals surface area (Å²) >= 11 is 5.28. The van der Waals surface area contributed by atoms with Crippen LogP contribution in [0, 0.1) is 0 Å². The molecule has 0 fully saturated rings. The average molecular weight is 445 g/mol. The number of unbranched alkanes of at least 4 members (excludes halogenated alkanes) is 4. The van der Waals surface area contributed by atoms with Crippen LogP contribution in [0.2, 0.25) is 0 Å². The van der Waals surface area contributed by atoms with Gasteiger partial charge in [-0.2, -0.15) is 0 Å². The van der Waals surface area contributed by atoms with E-state index in [0.29, 0.717) is 31.1 Å². The second kappa shape index (κ2) is 14.4.